The van der Waals surface area contributed by atoms with Gasteiger partial charge >= 0.3 is 5.97 Å². The summed E-state index contributed by atoms with van der Waals surface area (Å²) in [5.41, 5.74) is 5.52. The maximum absolute atomic E-state index is 13.3. The first kappa shape index (κ1) is 26.9. The molecule has 2 unspecified atom stereocenters. The number of carbonyl (C=O) groups is 3. The standard InChI is InChI=1S/C32H32ClNO5/c1-5-17(3)23-15-20(14-21-16-26(39-31(21)23)30(36)19-10-12-22(33)13-11-19)28-27(32(37)38-6-2)18(4)34-24-8-7-9-25(35)29(24)28/h10-17,28,34H,5-9H2,1-4H3. The first-order chi connectivity index (χ1) is 18.7. The first-order valence-corrected chi connectivity index (χ1v) is 13.9. The van der Waals surface area contributed by atoms with Crippen LogP contribution in [0.15, 0.2) is 69.4 Å². The molecule has 0 saturated heterocycles. The number of hydrogen-bond acceptors (Lipinski definition) is 6. The third kappa shape index (κ3) is 4.94. The predicted molar refractivity (Wildman–Crippen MR) is 151 cm³/mol. The molecule has 1 aromatic heterocycles. The van der Waals surface area contributed by atoms with E-state index in [1.807, 2.05) is 19.1 Å². The number of esters is 1. The Labute approximate surface area is 233 Å². The summed E-state index contributed by atoms with van der Waals surface area (Å²) in [6, 6.07) is 12.4. The van der Waals surface area contributed by atoms with Gasteiger partial charge in [0.1, 0.15) is 5.58 Å². The number of dihydropyridines is 1. The largest absolute Gasteiger partial charge is 0.463 e. The molecular formula is C32H32ClNO5. The van der Waals surface area contributed by atoms with Crippen LogP contribution in [0.2, 0.25) is 5.02 Å². The molecule has 0 saturated carbocycles. The molecule has 39 heavy (non-hydrogen) atoms. The summed E-state index contributed by atoms with van der Waals surface area (Å²) in [6.07, 6.45) is 2.81. The van der Waals surface area contributed by atoms with Gasteiger partial charge in [0, 0.05) is 45.3 Å². The Balaban J connectivity index is 1.71. The van der Waals surface area contributed by atoms with Crippen molar-refractivity contribution in [2.75, 3.05) is 6.61 Å². The Bertz CT molecular complexity index is 1540. The fraction of sp³-hybridized carbons (Fsp3) is 0.344. The van der Waals surface area contributed by atoms with Crippen LogP contribution < -0.4 is 5.32 Å². The van der Waals surface area contributed by atoms with Crippen molar-refractivity contribution in [1.29, 1.82) is 0 Å². The van der Waals surface area contributed by atoms with Crippen LogP contribution in [0.3, 0.4) is 0 Å². The van der Waals surface area contributed by atoms with Gasteiger partial charge in [0.25, 0.3) is 0 Å². The van der Waals surface area contributed by atoms with Crippen molar-refractivity contribution in [3.05, 3.63) is 92.5 Å². The van der Waals surface area contributed by atoms with Crippen LogP contribution in [0, 0.1) is 0 Å². The average Bonchev–Trinajstić information content (AvgIpc) is 3.36. The maximum Gasteiger partial charge on any atom is 0.336 e. The lowest BCUT2D eigenvalue weighted by atomic mass is 9.74. The highest BCUT2D eigenvalue weighted by Gasteiger charge is 2.39. The van der Waals surface area contributed by atoms with Crippen molar-refractivity contribution in [2.45, 2.75) is 65.2 Å². The Morgan fingerprint density at radius 1 is 1.13 bits per heavy atom. The maximum atomic E-state index is 13.3. The van der Waals surface area contributed by atoms with E-state index < -0.39 is 11.9 Å². The number of fused-ring (bicyclic) bond motifs is 1. The van der Waals surface area contributed by atoms with Crippen molar-refractivity contribution < 1.29 is 23.5 Å². The summed E-state index contributed by atoms with van der Waals surface area (Å²) >= 11 is 6.01. The molecule has 2 heterocycles. The number of halogens is 1. The lowest BCUT2D eigenvalue weighted by Crippen LogP contribution is -2.34. The lowest BCUT2D eigenvalue weighted by Gasteiger charge is -2.34. The predicted octanol–water partition coefficient (Wildman–Crippen LogP) is 7.36. The minimum absolute atomic E-state index is 0.0408. The zero-order valence-electron chi connectivity index (χ0n) is 22.7. The topological polar surface area (TPSA) is 85.6 Å². The molecule has 2 aromatic carbocycles. The second-order valence-electron chi connectivity index (χ2n) is 10.3. The third-order valence-corrected chi connectivity index (χ3v) is 8.00. The monoisotopic (exact) mass is 545 g/mol. The van der Waals surface area contributed by atoms with Crippen LogP contribution in [0.4, 0.5) is 0 Å². The normalized spacial score (nSPS) is 18.2. The van der Waals surface area contributed by atoms with Gasteiger partial charge in [-0.1, -0.05) is 31.5 Å². The smallest absolute Gasteiger partial charge is 0.336 e. The Morgan fingerprint density at radius 2 is 1.87 bits per heavy atom. The van der Waals surface area contributed by atoms with Crippen LogP contribution in [-0.4, -0.2) is 24.1 Å². The molecule has 2 atom stereocenters. The molecule has 3 aromatic rings. The van der Waals surface area contributed by atoms with E-state index in [4.69, 9.17) is 20.8 Å². The highest BCUT2D eigenvalue weighted by Crippen LogP contribution is 2.45. The summed E-state index contributed by atoms with van der Waals surface area (Å²) in [6.45, 7) is 8.06. The van der Waals surface area contributed by atoms with Gasteiger partial charge in [0.05, 0.1) is 12.2 Å². The van der Waals surface area contributed by atoms with Crippen molar-refractivity contribution in [3.8, 4) is 0 Å². The summed E-state index contributed by atoms with van der Waals surface area (Å²) in [4.78, 5) is 39.9. The van der Waals surface area contributed by atoms with Crippen LogP contribution >= 0.6 is 11.6 Å². The summed E-state index contributed by atoms with van der Waals surface area (Å²) in [7, 11) is 0. The number of rotatable bonds is 7. The molecule has 2 aliphatic rings. The molecule has 1 aliphatic heterocycles. The van der Waals surface area contributed by atoms with E-state index in [0.717, 1.165) is 41.5 Å². The van der Waals surface area contributed by atoms with Gasteiger partial charge in [0.15, 0.2) is 11.5 Å². The van der Waals surface area contributed by atoms with Gasteiger partial charge in [-0.15, -0.1) is 0 Å². The highest BCUT2D eigenvalue weighted by molar-refractivity contribution is 6.30. The molecule has 1 aliphatic carbocycles. The first-order valence-electron chi connectivity index (χ1n) is 13.5. The summed E-state index contributed by atoms with van der Waals surface area (Å²) < 4.78 is 11.6. The molecule has 0 amide bonds. The van der Waals surface area contributed by atoms with Crippen LogP contribution in [0.5, 0.6) is 0 Å². The van der Waals surface area contributed by atoms with E-state index >= 15 is 0 Å². The molecule has 202 valence electrons. The number of ether oxygens (including phenoxy) is 1. The lowest BCUT2D eigenvalue weighted by molar-refractivity contribution is -0.138. The second-order valence-corrected chi connectivity index (χ2v) is 10.7. The molecule has 0 fully saturated rings. The van der Waals surface area contributed by atoms with Crippen LogP contribution in [0.1, 0.15) is 92.5 Å². The van der Waals surface area contributed by atoms with E-state index in [1.165, 1.54) is 0 Å². The zero-order chi connectivity index (χ0) is 27.8. The second kappa shape index (κ2) is 10.9. The van der Waals surface area contributed by atoms with E-state index in [0.29, 0.717) is 39.4 Å². The minimum atomic E-state index is -0.564. The highest BCUT2D eigenvalue weighted by atomic mass is 35.5. The molecular weight excluding hydrogens is 514 g/mol. The van der Waals surface area contributed by atoms with Gasteiger partial charge in [-0.3, -0.25) is 9.59 Å². The molecule has 0 spiro atoms. The quantitative estimate of drug-likeness (QED) is 0.246. The number of Topliss-reactive ketones (excluding diaryl/α,β-unsaturated/α-hetero) is 1. The van der Waals surface area contributed by atoms with Crippen molar-refractivity contribution in [1.82, 2.24) is 5.32 Å². The number of hydrogen-bond donors (Lipinski definition) is 1. The molecule has 7 heteroatoms. The zero-order valence-corrected chi connectivity index (χ0v) is 23.4. The van der Waals surface area contributed by atoms with Gasteiger partial charge in [-0.2, -0.15) is 0 Å². The minimum Gasteiger partial charge on any atom is -0.463 e. The van der Waals surface area contributed by atoms with Crippen molar-refractivity contribution in [2.24, 2.45) is 0 Å². The van der Waals surface area contributed by atoms with Gasteiger partial charge in [-0.05, 0) is 86.6 Å². The molecule has 0 radical (unpaired) electrons. The number of ketones is 2. The Kier molecular flexibility index (Phi) is 7.50. The fourth-order valence-corrected chi connectivity index (χ4v) is 5.73. The van der Waals surface area contributed by atoms with Gasteiger partial charge in [0.2, 0.25) is 5.78 Å². The summed E-state index contributed by atoms with van der Waals surface area (Å²) in [5, 5.41) is 4.63. The molecule has 6 nitrogen and oxygen atoms in total. The van der Waals surface area contributed by atoms with Gasteiger partial charge < -0.3 is 14.5 Å². The van der Waals surface area contributed by atoms with Crippen LogP contribution in [-0.2, 0) is 14.3 Å². The number of furan rings is 1. The van der Waals surface area contributed by atoms with E-state index in [9.17, 15) is 14.4 Å². The van der Waals surface area contributed by atoms with E-state index in [1.54, 1.807) is 37.3 Å². The van der Waals surface area contributed by atoms with Crippen molar-refractivity contribution in [3.63, 3.8) is 0 Å². The number of allylic oxidation sites excluding steroid dienone is 3. The molecule has 1 N–H and O–H groups in total. The third-order valence-electron chi connectivity index (χ3n) is 7.75. The summed E-state index contributed by atoms with van der Waals surface area (Å²) in [5.74, 6) is -0.856. The van der Waals surface area contributed by atoms with Crippen LogP contribution in [0.25, 0.3) is 11.0 Å². The fourth-order valence-electron chi connectivity index (χ4n) is 5.61. The molecule has 0 bridgehead atoms. The van der Waals surface area contributed by atoms with Crippen molar-refractivity contribution >= 4 is 40.1 Å². The van der Waals surface area contributed by atoms with E-state index in [2.05, 4.69) is 19.2 Å². The SMILES string of the molecule is CCOC(=O)C1=C(C)NC2=C(C(=O)CCC2)C1c1cc(C(C)CC)c2oc(C(=O)c3ccc(Cl)cc3)cc2c1. The number of carbonyl (C=O) groups excluding carboxylic acids is 3. The Hall–Kier alpha value is -3.64. The number of nitrogens with one attached hydrogen (secondary N) is 1. The molecule has 5 rings (SSSR count). The number of benzene rings is 2. The Morgan fingerprint density at radius 3 is 2.56 bits per heavy atom. The van der Waals surface area contributed by atoms with Gasteiger partial charge in [-0.25, -0.2) is 4.79 Å². The average molecular weight is 546 g/mol. The van der Waals surface area contributed by atoms with E-state index in [-0.39, 0.29) is 29.9 Å².